The summed E-state index contributed by atoms with van der Waals surface area (Å²) >= 11 is 0. The van der Waals surface area contributed by atoms with Crippen molar-refractivity contribution in [3.63, 3.8) is 0 Å². The molecule has 0 amide bonds. The number of carbonyl (C=O) groups is 1. The fourth-order valence-electron chi connectivity index (χ4n) is 1.79. The molecule has 16 heavy (non-hydrogen) atoms. The quantitative estimate of drug-likeness (QED) is 0.832. The molecule has 0 spiro atoms. The summed E-state index contributed by atoms with van der Waals surface area (Å²) in [7, 11) is 0. The third-order valence-corrected chi connectivity index (χ3v) is 2.83. The van der Waals surface area contributed by atoms with E-state index in [0.29, 0.717) is 11.6 Å². The van der Waals surface area contributed by atoms with Crippen LogP contribution in [0.1, 0.15) is 34.8 Å². The summed E-state index contributed by atoms with van der Waals surface area (Å²) in [6.45, 7) is 0. The number of aromatic carboxylic acids is 1. The fourth-order valence-corrected chi connectivity index (χ4v) is 1.79. The first kappa shape index (κ1) is 9.27. The van der Waals surface area contributed by atoms with Gasteiger partial charge in [-0.3, -0.25) is 0 Å². The third kappa shape index (κ3) is 1.52. The monoisotopic (exact) mass is 214 g/mol. The highest BCUT2D eigenvalue weighted by molar-refractivity contribution is 5.88. The lowest BCUT2D eigenvalue weighted by molar-refractivity contribution is 0.0691. The van der Waals surface area contributed by atoms with Crippen LogP contribution in [0.25, 0.3) is 11.0 Å². The molecule has 4 nitrogen and oxygen atoms in total. The van der Waals surface area contributed by atoms with E-state index in [9.17, 15) is 4.79 Å². The molecule has 1 fully saturated rings. The Bertz CT molecular complexity index is 576. The molecule has 0 saturated heterocycles. The SMILES string of the molecule is O=C(O)c1ccc2cc(C3CC3)cnc2n1. The van der Waals surface area contributed by atoms with Gasteiger partial charge in [0.25, 0.3) is 0 Å². The summed E-state index contributed by atoms with van der Waals surface area (Å²) in [5.41, 5.74) is 1.78. The van der Waals surface area contributed by atoms with E-state index in [1.807, 2.05) is 0 Å². The second-order valence-corrected chi connectivity index (χ2v) is 4.09. The van der Waals surface area contributed by atoms with Crippen molar-refractivity contribution in [3.8, 4) is 0 Å². The molecule has 3 rings (SSSR count). The Morgan fingerprint density at radius 2 is 2.19 bits per heavy atom. The van der Waals surface area contributed by atoms with E-state index >= 15 is 0 Å². The van der Waals surface area contributed by atoms with Crippen molar-refractivity contribution in [2.75, 3.05) is 0 Å². The molecule has 2 aromatic heterocycles. The van der Waals surface area contributed by atoms with Crippen molar-refractivity contribution in [3.05, 3.63) is 35.7 Å². The lowest BCUT2D eigenvalue weighted by Gasteiger charge is -2.01. The van der Waals surface area contributed by atoms with Crippen LogP contribution in [-0.2, 0) is 0 Å². The Morgan fingerprint density at radius 1 is 1.38 bits per heavy atom. The van der Waals surface area contributed by atoms with Crippen LogP contribution in [-0.4, -0.2) is 21.0 Å². The van der Waals surface area contributed by atoms with Gasteiger partial charge >= 0.3 is 5.97 Å². The maximum Gasteiger partial charge on any atom is 0.354 e. The number of carboxylic acid groups (broad SMARTS) is 1. The van der Waals surface area contributed by atoms with Crippen LogP contribution >= 0.6 is 0 Å². The van der Waals surface area contributed by atoms with Crippen LogP contribution in [0.4, 0.5) is 0 Å². The van der Waals surface area contributed by atoms with Crippen molar-refractivity contribution >= 4 is 17.0 Å². The normalized spacial score (nSPS) is 15.2. The predicted molar refractivity (Wildman–Crippen MR) is 58.5 cm³/mol. The summed E-state index contributed by atoms with van der Waals surface area (Å²) in [6.07, 6.45) is 4.26. The van der Waals surface area contributed by atoms with Crippen LogP contribution in [0.5, 0.6) is 0 Å². The summed E-state index contributed by atoms with van der Waals surface area (Å²) in [5, 5.41) is 9.72. The summed E-state index contributed by atoms with van der Waals surface area (Å²) in [4.78, 5) is 18.9. The molecule has 1 aliphatic carbocycles. The van der Waals surface area contributed by atoms with Gasteiger partial charge in [0.2, 0.25) is 0 Å². The second-order valence-electron chi connectivity index (χ2n) is 4.09. The Kier molecular flexibility index (Phi) is 1.89. The van der Waals surface area contributed by atoms with Crippen molar-refractivity contribution in [2.45, 2.75) is 18.8 Å². The number of fused-ring (bicyclic) bond motifs is 1. The van der Waals surface area contributed by atoms with Gasteiger partial charge < -0.3 is 5.11 Å². The molecule has 1 aliphatic rings. The molecule has 1 saturated carbocycles. The van der Waals surface area contributed by atoms with E-state index in [4.69, 9.17) is 5.11 Å². The van der Waals surface area contributed by atoms with E-state index < -0.39 is 5.97 Å². The van der Waals surface area contributed by atoms with Crippen LogP contribution in [0, 0.1) is 0 Å². The van der Waals surface area contributed by atoms with Gasteiger partial charge in [0.05, 0.1) is 0 Å². The molecular weight excluding hydrogens is 204 g/mol. The third-order valence-electron chi connectivity index (χ3n) is 2.83. The number of hydrogen-bond donors (Lipinski definition) is 1. The van der Waals surface area contributed by atoms with E-state index in [0.717, 1.165) is 5.39 Å². The number of carboxylic acids is 1. The van der Waals surface area contributed by atoms with Gasteiger partial charge in [0.15, 0.2) is 11.3 Å². The molecule has 1 N–H and O–H groups in total. The summed E-state index contributed by atoms with van der Waals surface area (Å²) < 4.78 is 0. The van der Waals surface area contributed by atoms with Crippen LogP contribution in [0.3, 0.4) is 0 Å². The molecule has 4 heteroatoms. The molecule has 0 aromatic carbocycles. The summed E-state index contributed by atoms with van der Waals surface area (Å²) in [5.74, 6) is -0.369. The minimum Gasteiger partial charge on any atom is -0.477 e. The van der Waals surface area contributed by atoms with Gasteiger partial charge in [-0.1, -0.05) is 0 Å². The predicted octanol–water partition coefficient (Wildman–Crippen LogP) is 2.21. The first-order valence-electron chi connectivity index (χ1n) is 5.24. The van der Waals surface area contributed by atoms with Crippen molar-refractivity contribution in [2.24, 2.45) is 0 Å². The van der Waals surface area contributed by atoms with E-state index in [1.165, 1.54) is 24.5 Å². The van der Waals surface area contributed by atoms with Crippen molar-refractivity contribution < 1.29 is 9.90 Å². The Hall–Kier alpha value is -1.97. The zero-order valence-electron chi connectivity index (χ0n) is 8.55. The molecule has 0 bridgehead atoms. The zero-order valence-corrected chi connectivity index (χ0v) is 8.55. The van der Waals surface area contributed by atoms with Gasteiger partial charge in [0.1, 0.15) is 0 Å². The number of aromatic nitrogens is 2. The lowest BCUT2D eigenvalue weighted by atomic mass is 10.1. The van der Waals surface area contributed by atoms with Crippen molar-refractivity contribution in [1.82, 2.24) is 9.97 Å². The zero-order chi connectivity index (χ0) is 11.1. The highest BCUT2D eigenvalue weighted by Gasteiger charge is 2.24. The van der Waals surface area contributed by atoms with Crippen LogP contribution in [0.15, 0.2) is 24.4 Å². The van der Waals surface area contributed by atoms with Gasteiger partial charge in [-0.2, -0.15) is 0 Å². The molecule has 2 heterocycles. The smallest absolute Gasteiger partial charge is 0.354 e. The average Bonchev–Trinajstić information content (AvgIpc) is 3.11. The van der Waals surface area contributed by atoms with Crippen molar-refractivity contribution in [1.29, 1.82) is 0 Å². The molecule has 80 valence electrons. The molecule has 0 aliphatic heterocycles. The molecule has 0 radical (unpaired) electrons. The second kappa shape index (κ2) is 3.27. The highest BCUT2D eigenvalue weighted by Crippen LogP contribution is 2.40. The first-order valence-corrected chi connectivity index (χ1v) is 5.24. The molecular formula is C12H10N2O2. The maximum atomic E-state index is 10.7. The largest absolute Gasteiger partial charge is 0.477 e. The lowest BCUT2D eigenvalue weighted by Crippen LogP contribution is -2.00. The minimum absolute atomic E-state index is 0.0409. The van der Waals surface area contributed by atoms with Crippen LogP contribution < -0.4 is 0 Å². The highest BCUT2D eigenvalue weighted by atomic mass is 16.4. The standard InChI is InChI=1S/C12H10N2O2/c15-12(16)10-4-3-8-5-9(7-1-2-7)6-13-11(8)14-10/h3-7H,1-2H2,(H,15,16). The first-order chi connectivity index (χ1) is 7.74. The Labute approximate surface area is 92.0 Å². The maximum absolute atomic E-state index is 10.7. The van der Waals surface area contributed by atoms with Gasteiger partial charge in [-0.15, -0.1) is 0 Å². The van der Waals surface area contributed by atoms with E-state index in [2.05, 4.69) is 16.0 Å². The van der Waals surface area contributed by atoms with Crippen LogP contribution in [0.2, 0.25) is 0 Å². The minimum atomic E-state index is -1.02. The Balaban J connectivity index is 2.12. The summed E-state index contributed by atoms with van der Waals surface area (Å²) in [6, 6.07) is 5.34. The van der Waals surface area contributed by atoms with Gasteiger partial charge in [0, 0.05) is 11.6 Å². The van der Waals surface area contributed by atoms with Gasteiger partial charge in [-0.05, 0) is 42.5 Å². The molecule has 0 atom stereocenters. The average molecular weight is 214 g/mol. The van der Waals surface area contributed by atoms with Gasteiger partial charge in [-0.25, -0.2) is 14.8 Å². The number of pyridine rings is 2. The molecule has 0 unspecified atom stereocenters. The number of rotatable bonds is 2. The fraction of sp³-hybridized carbons (Fsp3) is 0.250. The molecule has 2 aromatic rings. The Morgan fingerprint density at radius 3 is 2.88 bits per heavy atom. The van der Waals surface area contributed by atoms with E-state index in [-0.39, 0.29) is 5.69 Å². The number of nitrogens with zero attached hydrogens (tertiary/aromatic N) is 2. The van der Waals surface area contributed by atoms with E-state index in [1.54, 1.807) is 12.3 Å². The number of hydrogen-bond acceptors (Lipinski definition) is 3. The topological polar surface area (TPSA) is 63.1 Å².